The SMILES string of the molecule is Cc1cccc(OCc2nnc3n2N=C(c2ccc([N+](=O)[O-])cc2)CS3)c1C. The summed E-state index contributed by atoms with van der Waals surface area (Å²) in [4.78, 5) is 10.4. The Labute approximate surface area is 165 Å². The van der Waals surface area contributed by atoms with Gasteiger partial charge in [0.25, 0.3) is 5.69 Å². The molecule has 0 amide bonds. The predicted octanol–water partition coefficient (Wildman–Crippen LogP) is 3.74. The van der Waals surface area contributed by atoms with Crippen LogP contribution < -0.4 is 4.74 Å². The summed E-state index contributed by atoms with van der Waals surface area (Å²) < 4.78 is 7.61. The van der Waals surface area contributed by atoms with Gasteiger partial charge in [0.15, 0.2) is 5.82 Å². The van der Waals surface area contributed by atoms with Gasteiger partial charge in [-0.05, 0) is 48.7 Å². The van der Waals surface area contributed by atoms with Gasteiger partial charge in [0.05, 0.1) is 10.6 Å². The maximum absolute atomic E-state index is 10.8. The van der Waals surface area contributed by atoms with Crippen LogP contribution in [0.5, 0.6) is 5.75 Å². The van der Waals surface area contributed by atoms with Crippen LogP contribution in [0.4, 0.5) is 5.69 Å². The lowest BCUT2D eigenvalue weighted by Crippen LogP contribution is -2.15. The molecule has 0 saturated heterocycles. The third-order valence-electron chi connectivity index (χ3n) is 4.56. The number of nitro benzene ring substituents is 1. The average Bonchev–Trinajstić information content (AvgIpc) is 3.11. The number of rotatable bonds is 5. The Balaban J connectivity index is 1.57. The lowest BCUT2D eigenvalue weighted by atomic mass is 10.1. The van der Waals surface area contributed by atoms with Crippen molar-refractivity contribution >= 4 is 23.2 Å². The minimum Gasteiger partial charge on any atom is -0.485 e. The summed E-state index contributed by atoms with van der Waals surface area (Å²) in [5.74, 6) is 2.02. The Morgan fingerprint density at radius 2 is 1.96 bits per heavy atom. The number of nitrogens with zero attached hydrogens (tertiary/aromatic N) is 5. The van der Waals surface area contributed by atoms with Gasteiger partial charge in [-0.3, -0.25) is 10.1 Å². The van der Waals surface area contributed by atoms with E-state index in [0.717, 1.165) is 28.2 Å². The number of non-ortho nitro benzene ring substituents is 1. The molecule has 2 aromatic carbocycles. The molecule has 0 saturated carbocycles. The van der Waals surface area contributed by atoms with Gasteiger partial charge in [-0.1, -0.05) is 23.9 Å². The van der Waals surface area contributed by atoms with Crippen LogP contribution in [0.15, 0.2) is 52.7 Å². The summed E-state index contributed by atoms with van der Waals surface area (Å²) in [6.45, 7) is 4.30. The molecule has 8 nitrogen and oxygen atoms in total. The standard InChI is InChI=1S/C19H17N5O3S/c1-12-4-3-5-17(13(12)2)27-10-18-20-21-19-23(18)22-16(11-28-19)14-6-8-15(9-7-14)24(25)26/h3-9H,10-11H2,1-2H3. The van der Waals surface area contributed by atoms with E-state index < -0.39 is 4.92 Å². The van der Waals surface area contributed by atoms with Crippen LogP contribution in [-0.4, -0.2) is 31.3 Å². The molecule has 142 valence electrons. The minimum absolute atomic E-state index is 0.0559. The second-order valence-electron chi connectivity index (χ2n) is 6.34. The number of ether oxygens (including phenoxy) is 1. The van der Waals surface area contributed by atoms with Gasteiger partial charge < -0.3 is 4.74 Å². The Morgan fingerprint density at radius 3 is 2.71 bits per heavy atom. The van der Waals surface area contributed by atoms with Gasteiger partial charge in [-0.25, -0.2) is 0 Å². The van der Waals surface area contributed by atoms with Crippen molar-refractivity contribution in [1.29, 1.82) is 0 Å². The number of aryl methyl sites for hydroxylation is 1. The Morgan fingerprint density at radius 1 is 1.18 bits per heavy atom. The molecule has 3 aromatic rings. The van der Waals surface area contributed by atoms with Gasteiger partial charge in [0.2, 0.25) is 5.16 Å². The van der Waals surface area contributed by atoms with Crippen molar-refractivity contribution in [2.45, 2.75) is 25.6 Å². The molecule has 0 fully saturated rings. The van der Waals surface area contributed by atoms with Gasteiger partial charge >= 0.3 is 0 Å². The maximum Gasteiger partial charge on any atom is 0.269 e. The second-order valence-corrected chi connectivity index (χ2v) is 7.28. The first-order valence-electron chi connectivity index (χ1n) is 8.61. The summed E-state index contributed by atoms with van der Waals surface area (Å²) in [6.07, 6.45) is 0. The molecule has 0 radical (unpaired) electrons. The Hall–Kier alpha value is -3.20. The predicted molar refractivity (Wildman–Crippen MR) is 106 cm³/mol. The summed E-state index contributed by atoms with van der Waals surface area (Å²) in [5.41, 5.74) is 3.94. The second kappa shape index (κ2) is 7.43. The van der Waals surface area contributed by atoms with Crippen molar-refractivity contribution < 1.29 is 9.66 Å². The van der Waals surface area contributed by atoms with Crippen molar-refractivity contribution in [1.82, 2.24) is 14.9 Å². The molecule has 0 unspecified atom stereocenters. The van der Waals surface area contributed by atoms with Crippen LogP contribution in [0.25, 0.3) is 0 Å². The summed E-state index contributed by atoms with van der Waals surface area (Å²) in [6, 6.07) is 12.3. The molecular weight excluding hydrogens is 378 g/mol. The van der Waals surface area contributed by atoms with E-state index in [2.05, 4.69) is 15.3 Å². The number of thioether (sulfide) groups is 1. The molecule has 0 N–H and O–H groups in total. The van der Waals surface area contributed by atoms with Crippen LogP contribution >= 0.6 is 11.8 Å². The first-order chi connectivity index (χ1) is 13.5. The first-order valence-corrected chi connectivity index (χ1v) is 9.60. The Bertz CT molecular complexity index is 1080. The molecule has 1 aliphatic rings. The normalized spacial score (nSPS) is 13.0. The fourth-order valence-electron chi connectivity index (χ4n) is 2.80. The summed E-state index contributed by atoms with van der Waals surface area (Å²) in [7, 11) is 0. The average molecular weight is 395 g/mol. The van der Waals surface area contributed by atoms with Gasteiger partial charge in [0.1, 0.15) is 12.4 Å². The van der Waals surface area contributed by atoms with E-state index in [4.69, 9.17) is 4.74 Å². The van der Waals surface area contributed by atoms with Crippen molar-refractivity contribution in [3.05, 3.63) is 75.1 Å². The Kier molecular flexibility index (Phi) is 4.82. The molecule has 9 heteroatoms. The summed E-state index contributed by atoms with van der Waals surface area (Å²) >= 11 is 1.52. The fraction of sp³-hybridized carbons (Fsp3) is 0.211. The van der Waals surface area contributed by atoms with E-state index >= 15 is 0 Å². The van der Waals surface area contributed by atoms with E-state index in [0.29, 0.717) is 16.7 Å². The highest BCUT2D eigenvalue weighted by Gasteiger charge is 2.20. The molecule has 2 heterocycles. The van der Waals surface area contributed by atoms with Crippen molar-refractivity contribution in [2.75, 3.05) is 5.75 Å². The molecular formula is C19H17N5O3S. The molecule has 28 heavy (non-hydrogen) atoms. The van der Waals surface area contributed by atoms with Crippen molar-refractivity contribution in [3.8, 4) is 5.75 Å². The van der Waals surface area contributed by atoms with E-state index in [-0.39, 0.29) is 12.3 Å². The van der Waals surface area contributed by atoms with E-state index in [1.54, 1.807) is 16.8 Å². The molecule has 0 aliphatic carbocycles. The lowest BCUT2D eigenvalue weighted by molar-refractivity contribution is -0.384. The van der Waals surface area contributed by atoms with Crippen LogP contribution in [0, 0.1) is 24.0 Å². The molecule has 0 spiro atoms. The summed E-state index contributed by atoms with van der Waals surface area (Å²) in [5, 5.41) is 24.5. The van der Waals surface area contributed by atoms with Crippen molar-refractivity contribution in [3.63, 3.8) is 0 Å². The molecule has 1 aliphatic heterocycles. The van der Waals surface area contributed by atoms with E-state index in [9.17, 15) is 10.1 Å². The van der Waals surface area contributed by atoms with Crippen molar-refractivity contribution in [2.24, 2.45) is 5.10 Å². The molecule has 1 aromatic heterocycles. The van der Waals surface area contributed by atoms with Crippen LogP contribution in [0.3, 0.4) is 0 Å². The smallest absolute Gasteiger partial charge is 0.269 e. The number of nitro groups is 1. The number of fused-ring (bicyclic) bond motifs is 1. The number of hydrogen-bond acceptors (Lipinski definition) is 7. The van der Waals surface area contributed by atoms with Crippen LogP contribution in [-0.2, 0) is 6.61 Å². The largest absolute Gasteiger partial charge is 0.485 e. The fourth-order valence-corrected chi connectivity index (χ4v) is 3.66. The first kappa shape index (κ1) is 18.2. The minimum atomic E-state index is -0.415. The molecule has 0 bridgehead atoms. The molecule has 4 rings (SSSR count). The van der Waals surface area contributed by atoms with Gasteiger partial charge in [0, 0.05) is 17.9 Å². The van der Waals surface area contributed by atoms with Gasteiger partial charge in [-0.2, -0.15) is 9.78 Å². The highest BCUT2D eigenvalue weighted by atomic mass is 32.2. The highest BCUT2D eigenvalue weighted by Crippen LogP contribution is 2.26. The quantitative estimate of drug-likeness (QED) is 0.482. The zero-order valence-corrected chi connectivity index (χ0v) is 16.1. The van der Waals surface area contributed by atoms with E-state index in [1.807, 2.05) is 32.0 Å². The number of benzene rings is 2. The lowest BCUT2D eigenvalue weighted by Gasteiger charge is -2.14. The third kappa shape index (κ3) is 3.48. The third-order valence-corrected chi connectivity index (χ3v) is 5.49. The monoisotopic (exact) mass is 395 g/mol. The van der Waals surface area contributed by atoms with E-state index in [1.165, 1.54) is 23.9 Å². The number of hydrogen-bond donors (Lipinski definition) is 0. The van der Waals surface area contributed by atoms with Crippen LogP contribution in [0.1, 0.15) is 22.5 Å². The highest BCUT2D eigenvalue weighted by molar-refractivity contribution is 7.99. The van der Waals surface area contributed by atoms with Gasteiger partial charge in [-0.15, -0.1) is 10.2 Å². The topological polar surface area (TPSA) is 95.4 Å². The number of aromatic nitrogens is 3. The zero-order valence-electron chi connectivity index (χ0n) is 15.3. The molecule has 0 atom stereocenters. The van der Waals surface area contributed by atoms with Crippen LogP contribution in [0.2, 0.25) is 0 Å². The maximum atomic E-state index is 10.8. The zero-order chi connectivity index (χ0) is 19.7.